The number of unbranched alkanes of at least 4 members (excludes halogenated alkanes) is 4. The first-order valence-corrected chi connectivity index (χ1v) is 7.99. The minimum Gasteiger partial charge on any atom is -0.385 e. The normalized spacial score (nSPS) is 14.9. The highest BCUT2D eigenvalue weighted by molar-refractivity contribution is 5.55. The fraction of sp³-hybridized carbons (Fsp3) is 0.647. The van der Waals surface area contributed by atoms with E-state index in [1.54, 1.807) is 0 Å². The molecule has 1 fully saturated rings. The molecule has 0 bridgehead atoms. The quantitative estimate of drug-likeness (QED) is 0.683. The van der Waals surface area contributed by atoms with Crippen molar-refractivity contribution in [3.8, 4) is 0 Å². The van der Waals surface area contributed by atoms with Crippen LogP contribution in [0.4, 0.5) is 11.4 Å². The summed E-state index contributed by atoms with van der Waals surface area (Å²) in [6.45, 7) is 5.82. The monoisotopic (exact) mass is 260 g/mol. The summed E-state index contributed by atoms with van der Waals surface area (Å²) in [7, 11) is 0. The summed E-state index contributed by atoms with van der Waals surface area (Å²) >= 11 is 0. The topological polar surface area (TPSA) is 15.3 Å². The van der Waals surface area contributed by atoms with Gasteiger partial charge in [0.15, 0.2) is 0 Å². The summed E-state index contributed by atoms with van der Waals surface area (Å²) in [4.78, 5) is 2.48. The lowest BCUT2D eigenvalue weighted by molar-refractivity contribution is 0.645. The molecule has 19 heavy (non-hydrogen) atoms. The van der Waals surface area contributed by atoms with Gasteiger partial charge in [-0.2, -0.15) is 0 Å². The smallest absolute Gasteiger partial charge is 0.0367 e. The molecule has 0 saturated carbocycles. The summed E-state index contributed by atoms with van der Waals surface area (Å²) in [5.74, 6) is 0. The number of nitrogens with one attached hydrogen (secondary N) is 1. The second-order valence-electron chi connectivity index (χ2n) is 5.58. The minimum atomic E-state index is 1.10. The van der Waals surface area contributed by atoms with E-state index < -0.39 is 0 Å². The van der Waals surface area contributed by atoms with Gasteiger partial charge in [-0.05, 0) is 43.5 Å². The highest BCUT2D eigenvalue weighted by Crippen LogP contribution is 2.22. The zero-order valence-electron chi connectivity index (χ0n) is 12.3. The average molecular weight is 260 g/mol. The fourth-order valence-corrected chi connectivity index (χ4v) is 2.73. The molecule has 0 radical (unpaired) electrons. The highest BCUT2D eigenvalue weighted by Gasteiger charge is 2.11. The van der Waals surface area contributed by atoms with E-state index in [4.69, 9.17) is 0 Å². The van der Waals surface area contributed by atoms with Crippen molar-refractivity contribution in [2.75, 3.05) is 29.9 Å². The number of anilines is 2. The lowest BCUT2D eigenvalue weighted by Gasteiger charge is -2.18. The van der Waals surface area contributed by atoms with E-state index in [2.05, 4.69) is 41.4 Å². The predicted octanol–water partition coefficient (Wildman–Crippen LogP) is 4.67. The summed E-state index contributed by atoms with van der Waals surface area (Å²) in [6, 6.07) is 8.95. The molecule has 2 heteroatoms. The lowest BCUT2D eigenvalue weighted by atomic mass is 10.1. The Morgan fingerprint density at radius 1 is 0.947 bits per heavy atom. The van der Waals surface area contributed by atoms with Crippen molar-refractivity contribution in [1.29, 1.82) is 0 Å². The number of rotatable bonds is 8. The van der Waals surface area contributed by atoms with Crippen LogP contribution >= 0.6 is 0 Å². The van der Waals surface area contributed by atoms with Crippen molar-refractivity contribution in [2.24, 2.45) is 0 Å². The minimum absolute atomic E-state index is 1.10. The van der Waals surface area contributed by atoms with E-state index in [9.17, 15) is 0 Å². The summed E-state index contributed by atoms with van der Waals surface area (Å²) in [6.07, 6.45) is 9.41. The van der Waals surface area contributed by atoms with Gasteiger partial charge in [0.25, 0.3) is 0 Å². The molecule has 106 valence electrons. The molecule has 0 unspecified atom stereocenters. The number of benzene rings is 1. The van der Waals surface area contributed by atoms with Gasteiger partial charge in [0.2, 0.25) is 0 Å². The van der Waals surface area contributed by atoms with Crippen molar-refractivity contribution in [1.82, 2.24) is 0 Å². The molecule has 1 N–H and O–H groups in total. The van der Waals surface area contributed by atoms with E-state index in [0.717, 1.165) is 6.54 Å². The van der Waals surface area contributed by atoms with Crippen LogP contribution in [-0.2, 0) is 0 Å². The van der Waals surface area contributed by atoms with Crippen molar-refractivity contribution in [2.45, 2.75) is 51.9 Å². The molecule has 1 aliphatic rings. The van der Waals surface area contributed by atoms with Gasteiger partial charge in [-0.15, -0.1) is 0 Å². The molecule has 1 aliphatic heterocycles. The third kappa shape index (κ3) is 4.77. The Hall–Kier alpha value is -1.18. The molecule has 1 aromatic rings. The second-order valence-corrected chi connectivity index (χ2v) is 5.58. The number of hydrogen-bond donors (Lipinski definition) is 1. The maximum atomic E-state index is 3.52. The van der Waals surface area contributed by atoms with Crippen LogP contribution in [-0.4, -0.2) is 19.6 Å². The molecule has 0 aromatic heterocycles. The molecular formula is C17H28N2. The predicted molar refractivity (Wildman–Crippen MR) is 85.1 cm³/mol. The van der Waals surface area contributed by atoms with Crippen LogP contribution in [0, 0.1) is 0 Å². The van der Waals surface area contributed by atoms with Crippen LogP contribution in [0.1, 0.15) is 51.9 Å². The molecule has 2 nitrogen and oxygen atoms in total. The van der Waals surface area contributed by atoms with Crippen molar-refractivity contribution >= 4 is 11.4 Å². The van der Waals surface area contributed by atoms with Crippen molar-refractivity contribution in [3.05, 3.63) is 24.3 Å². The highest BCUT2D eigenvalue weighted by atomic mass is 15.1. The van der Waals surface area contributed by atoms with Crippen molar-refractivity contribution in [3.63, 3.8) is 0 Å². The van der Waals surface area contributed by atoms with Gasteiger partial charge in [0, 0.05) is 31.0 Å². The Morgan fingerprint density at radius 3 is 2.32 bits per heavy atom. The number of hydrogen-bond acceptors (Lipinski definition) is 2. The molecule has 1 heterocycles. The first-order valence-electron chi connectivity index (χ1n) is 7.99. The fourth-order valence-electron chi connectivity index (χ4n) is 2.73. The van der Waals surface area contributed by atoms with Crippen molar-refractivity contribution < 1.29 is 0 Å². The molecule has 1 saturated heterocycles. The maximum absolute atomic E-state index is 3.52. The Labute approximate surface area is 118 Å². The van der Waals surface area contributed by atoms with E-state index in [-0.39, 0.29) is 0 Å². The van der Waals surface area contributed by atoms with E-state index in [1.165, 1.54) is 69.4 Å². The van der Waals surface area contributed by atoms with Gasteiger partial charge in [-0.3, -0.25) is 0 Å². The Morgan fingerprint density at radius 2 is 1.63 bits per heavy atom. The third-order valence-electron chi connectivity index (χ3n) is 3.95. The van der Waals surface area contributed by atoms with Crippen LogP contribution in [0.3, 0.4) is 0 Å². The first-order chi connectivity index (χ1) is 9.40. The summed E-state index contributed by atoms with van der Waals surface area (Å²) in [5, 5.41) is 3.52. The van der Waals surface area contributed by atoms with Gasteiger partial charge in [-0.1, -0.05) is 32.6 Å². The van der Waals surface area contributed by atoms with Crippen LogP contribution < -0.4 is 10.2 Å². The van der Waals surface area contributed by atoms with Gasteiger partial charge in [0.1, 0.15) is 0 Å². The third-order valence-corrected chi connectivity index (χ3v) is 3.95. The SMILES string of the molecule is CCCCCCCNc1ccc(N2CCCC2)cc1. The maximum Gasteiger partial charge on any atom is 0.0367 e. The molecule has 0 amide bonds. The second kappa shape index (κ2) is 8.08. The molecule has 0 atom stereocenters. The standard InChI is InChI=1S/C17H28N2/c1-2-3-4-5-6-13-18-16-9-11-17(12-10-16)19-14-7-8-15-19/h9-12,18H,2-8,13-15H2,1H3. The summed E-state index contributed by atoms with van der Waals surface area (Å²) < 4.78 is 0. The number of nitrogens with zero attached hydrogens (tertiary/aromatic N) is 1. The molecule has 1 aromatic carbocycles. The lowest BCUT2D eigenvalue weighted by Crippen LogP contribution is -2.17. The molecular weight excluding hydrogens is 232 g/mol. The molecule has 2 rings (SSSR count). The van der Waals surface area contributed by atoms with Crippen LogP contribution in [0.15, 0.2) is 24.3 Å². The molecule has 0 spiro atoms. The van der Waals surface area contributed by atoms with E-state index in [1.807, 2.05) is 0 Å². The van der Waals surface area contributed by atoms with Gasteiger partial charge in [-0.25, -0.2) is 0 Å². The Kier molecular flexibility index (Phi) is 6.06. The van der Waals surface area contributed by atoms with Crippen LogP contribution in [0.2, 0.25) is 0 Å². The zero-order chi connectivity index (χ0) is 13.3. The average Bonchev–Trinajstić information content (AvgIpc) is 2.97. The first kappa shape index (κ1) is 14.2. The van der Waals surface area contributed by atoms with E-state index in [0.29, 0.717) is 0 Å². The summed E-state index contributed by atoms with van der Waals surface area (Å²) in [5.41, 5.74) is 2.64. The van der Waals surface area contributed by atoms with E-state index >= 15 is 0 Å². The largest absolute Gasteiger partial charge is 0.385 e. The van der Waals surface area contributed by atoms with Gasteiger partial charge in [0.05, 0.1) is 0 Å². The Balaban J connectivity index is 1.67. The van der Waals surface area contributed by atoms with Crippen LogP contribution in [0.5, 0.6) is 0 Å². The molecule has 0 aliphatic carbocycles. The van der Waals surface area contributed by atoms with Crippen LogP contribution in [0.25, 0.3) is 0 Å². The zero-order valence-corrected chi connectivity index (χ0v) is 12.3. The Bertz CT molecular complexity index is 339. The van der Waals surface area contributed by atoms with Gasteiger partial charge < -0.3 is 10.2 Å². The van der Waals surface area contributed by atoms with Gasteiger partial charge >= 0.3 is 0 Å².